The maximum Gasteiger partial charge on any atom is 0.122 e. The van der Waals surface area contributed by atoms with Gasteiger partial charge >= 0.3 is 0 Å². The number of hydrogen-bond acceptors (Lipinski definition) is 5. The van der Waals surface area contributed by atoms with Crippen LogP contribution in [-0.2, 0) is 40.3 Å². The van der Waals surface area contributed by atoms with E-state index in [0.29, 0.717) is 5.41 Å². The first-order chi connectivity index (χ1) is 19.1. The molecule has 2 aliphatic heterocycles. The van der Waals surface area contributed by atoms with Crippen molar-refractivity contribution in [2.45, 2.75) is 83.6 Å². The molecular formula is C32H47N7. The van der Waals surface area contributed by atoms with Gasteiger partial charge in [-0.15, -0.1) is 0 Å². The molecule has 3 aliphatic rings. The second-order valence-electron chi connectivity index (χ2n) is 12.7. The van der Waals surface area contributed by atoms with E-state index in [2.05, 4.69) is 72.2 Å². The van der Waals surface area contributed by atoms with Crippen LogP contribution in [0.4, 0.5) is 0 Å². The maximum atomic E-state index is 4.57. The Morgan fingerprint density at radius 3 is 1.95 bits per heavy atom. The number of hydrogen-bond donors (Lipinski definition) is 0. The van der Waals surface area contributed by atoms with E-state index in [1.807, 2.05) is 24.8 Å². The van der Waals surface area contributed by atoms with Gasteiger partial charge in [-0.2, -0.15) is 0 Å². The Balaban J connectivity index is 1.03. The Morgan fingerprint density at radius 2 is 1.36 bits per heavy atom. The lowest BCUT2D eigenvalue weighted by atomic mass is 9.77. The van der Waals surface area contributed by atoms with Crippen molar-refractivity contribution < 1.29 is 0 Å². The molecule has 6 rings (SSSR count). The van der Waals surface area contributed by atoms with Crippen LogP contribution in [0.3, 0.4) is 0 Å². The normalized spacial score (nSPS) is 20.9. The second kappa shape index (κ2) is 11.9. The number of aromatic nitrogens is 4. The molecule has 1 spiro atoms. The molecule has 0 bridgehead atoms. The molecule has 0 unspecified atom stereocenters. The van der Waals surface area contributed by atoms with Crippen molar-refractivity contribution in [3.63, 3.8) is 0 Å². The molecule has 0 radical (unpaired) electrons. The van der Waals surface area contributed by atoms with E-state index < -0.39 is 0 Å². The van der Waals surface area contributed by atoms with Gasteiger partial charge in [-0.1, -0.05) is 43.5 Å². The third-order valence-corrected chi connectivity index (χ3v) is 9.87. The van der Waals surface area contributed by atoms with Crippen LogP contribution in [0, 0.1) is 5.41 Å². The number of imidazole rings is 2. The van der Waals surface area contributed by atoms with Gasteiger partial charge in [-0.05, 0) is 68.3 Å². The van der Waals surface area contributed by atoms with Crippen LogP contribution in [0.15, 0.2) is 49.1 Å². The fourth-order valence-corrected chi connectivity index (χ4v) is 7.31. The quantitative estimate of drug-likeness (QED) is 0.391. The largest absolute Gasteiger partial charge is 0.337 e. The maximum absolute atomic E-state index is 4.57. The molecule has 3 aromatic rings. The van der Waals surface area contributed by atoms with Crippen molar-refractivity contribution >= 4 is 0 Å². The third kappa shape index (κ3) is 6.47. The molecule has 39 heavy (non-hydrogen) atoms. The Hall–Kier alpha value is -2.48. The lowest BCUT2D eigenvalue weighted by Crippen LogP contribution is -2.46. The molecule has 1 saturated carbocycles. The molecule has 7 heteroatoms. The summed E-state index contributed by atoms with van der Waals surface area (Å²) in [5.41, 5.74) is 3.35. The topological polar surface area (TPSA) is 45.4 Å². The zero-order valence-electron chi connectivity index (χ0n) is 24.1. The fraction of sp³-hybridized carbons (Fsp3) is 0.625. The summed E-state index contributed by atoms with van der Waals surface area (Å²) in [5.74, 6) is 2.15. The van der Waals surface area contributed by atoms with Crippen molar-refractivity contribution in [3.8, 4) is 0 Å². The lowest BCUT2D eigenvalue weighted by Gasteiger charge is -2.43. The molecule has 0 amide bonds. The SMILES string of the molecule is Cn1ccnc1CN(Cc1ccc(CN2CCC3(CCN(C4CCCCC4)CC3)C2)cc1)Cc1nccn1C. The van der Waals surface area contributed by atoms with Gasteiger partial charge in [0.1, 0.15) is 11.6 Å². The first-order valence-electron chi connectivity index (χ1n) is 15.2. The average molecular weight is 530 g/mol. The van der Waals surface area contributed by atoms with Crippen LogP contribution in [-0.4, -0.2) is 66.0 Å². The van der Waals surface area contributed by atoms with Gasteiger partial charge in [0.15, 0.2) is 0 Å². The number of piperidine rings is 1. The summed E-state index contributed by atoms with van der Waals surface area (Å²) in [6.45, 7) is 8.77. The summed E-state index contributed by atoms with van der Waals surface area (Å²) >= 11 is 0. The van der Waals surface area contributed by atoms with Gasteiger partial charge in [0.25, 0.3) is 0 Å². The van der Waals surface area contributed by atoms with Gasteiger partial charge < -0.3 is 14.0 Å². The van der Waals surface area contributed by atoms with Crippen molar-refractivity contribution in [2.24, 2.45) is 19.5 Å². The molecule has 210 valence electrons. The van der Waals surface area contributed by atoms with Crippen LogP contribution < -0.4 is 0 Å². The monoisotopic (exact) mass is 529 g/mol. The van der Waals surface area contributed by atoms with Crippen LogP contribution in [0.1, 0.15) is 74.1 Å². The number of aryl methyl sites for hydroxylation is 2. The first kappa shape index (κ1) is 26.7. The van der Waals surface area contributed by atoms with Crippen molar-refractivity contribution in [1.29, 1.82) is 0 Å². The van der Waals surface area contributed by atoms with E-state index in [1.54, 1.807) is 0 Å². The van der Waals surface area contributed by atoms with Gasteiger partial charge in [0.05, 0.1) is 13.1 Å². The minimum absolute atomic E-state index is 0.571. The highest BCUT2D eigenvalue weighted by Gasteiger charge is 2.41. The summed E-state index contributed by atoms with van der Waals surface area (Å²) in [6.07, 6.45) is 19.2. The molecule has 0 atom stereocenters. The standard InChI is InChI=1S/C32H47N7/c1-35-20-15-33-30(35)24-38(25-31-34-16-21-36(31)2)23-28-10-8-27(9-11-28)22-37-17-12-32(26-37)13-18-39(19-14-32)29-6-4-3-5-7-29/h8-11,15-16,20-21,29H,3-7,12-14,17-19,22-26H2,1-2H3. The van der Waals surface area contributed by atoms with Crippen molar-refractivity contribution in [1.82, 2.24) is 33.8 Å². The number of rotatable bonds is 9. The highest BCUT2D eigenvalue weighted by atomic mass is 15.2. The van der Waals surface area contributed by atoms with Crippen LogP contribution >= 0.6 is 0 Å². The highest BCUT2D eigenvalue weighted by molar-refractivity contribution is 5.23. The third-order valence-electron chi connectivity index (χ3n) is 9.87. The Bertz CT molecular complexity index is 1140. The minimum Gasteiger partial charge on any atom is -0.337 e. The molecule has 4 heterocycles. The fourth-order valence-electron chi connectivity index (χ4n) is 7.31. The Kier molecular flexibility index (Phi) is 8.19. The van der Waals surface area contributed by atoms with Gasteiger partial charge in [-0.25, -0.2) is 9.97 Å². The summed E-state index contributed by atoms with van der Waals surface area (Å²) in [5, 5.41) is 0. The second-order valence-corrected chi connectivity index (χ2v) is 12.7. The summed E-state index contributed by atoms with van der Waals surface area (Å²) in [6, 6.07) is 10.2. The molecule has 1 aromatic carbocycles. The minimum atomic E-state index is 0.571. The van der Waals surface area contributed by atoms with Crippen LogP contribution in [0.25, 0.3) is 0 Å². The van der Waals surface area contributed by atoms with Crippen molar-refractivity contribution in [3.05, 3.63) is 71.8 Å². The molecule has 3 fully saturated rings. The predicted octanol–water partition coefficient (Wildman–Crippen LogP) is 4.98. The van der Waals surface area contributed by atoms with Crippen LogP contribution in [0.2, 0.25) is 0 Å². The first-order valence-corrected chi connectivity index (χ1v) is 15.2. The predicted molar refractivity (Wildman–Crippen MR) is 156 cm³/mol. The van der Waals surface area contributed by atoms with Gasteiger partial charge in [0, 0.05) is 64.6 Å². The van der Waals surface area contributed by atoms with Gasteiger partial charge in [0.2, 0.25) is 0 Å². The lowest BCUT2D eigenvalue weighted by molar-refractivity contribution is 0.0615. The van der Waals surface area contributed by atoms with E-state index in [1.165, 1.54) is 88.7 Å². The van der Waals surface area contributed by atoms with Crippen LogP contribution in [0.5, 0.6) is 0 Å². The molecule has 1 aliphatic carbocycles. The molecule has 2 aromatic heterocycles. The van der Waals surface area contributed by atoms with E-state index in [9.17, 15) is 0 Å². The number of benzene rings is 1. The van der Waals surface area contributed by atoms with Crippen molar-refractivity contribution in [2.75, 3.05) is 26.2 Å². The van der Waals surface area contributed by atoms with E-state index in [0.717, 1.165) is 43.9 Å². The number of nitrogens with zero attached hydrogens (tertiary/aromatic N) is 7. The smallest absolute Gasteiger partial charge is 0.122 e. The summed E-state index contributed by atoms with van der Waals surface area (Å²) in [7, 11) is 4.14. The molecule has 0 N–H and O–H groups in total. The molecular weight excluding hydrogens is 482 g/mol. The Labute approximate surface area is 234 Å². The van der Waals surface area contributed by atoms with E-state index in [-0.39, 0.29) is 0 Å². The van der Waals surface area contributed by atoms with E-state index in [4.69, 9.17) is 0 Å². The average Bonchev–Trinajstić information content (AvgIpc) is 3.67. The highest BCUT2D eigenvalue weighted by Crippen LogP contribution is 2.42. The van der Waals surface area contributed by atoms with E-state index >= 15 is 0 Å². The zero-order valence-corrected chi connectivity index (χ0v) is 24.1. The molecule has 7 nitrogen and oxygen atoms in total. The number of likely N-dealkylation sites (tertiary alicyclic amines) is 2. The Morgan fingerprint density at radius 1 is 0.769 bits per heavy atom. The summed E-state index contributed by atoms with van der Waals surface area (Å²) < 4.78 is 4.22. The summed E-state index contributed by atoms with van der Waals surface area (Å²) in [4.78, 5) is 17.1. The molecule has 2 saturated heterocycles. The zero-order chi connectivity index (χ0) is 26.7. The van der Waals surface area contributed by atoms with Gasteiger partial charge in [-0.3, -0.25) is 9.80 Å².